The van der Waals surface area contributed by atoms with Gasteiger partial charge in [-0.25, -0.2) is 4.79 Å². The zero-order valence-electron chi connectivity index (χ0n) is 19.7. The molecule has 0 radical (unpaired) electrons. The van der Waals surface area contributed by atoms with E-state index in [0.29, 0.717) is 23.6 Å². The van der Waals surface area contributed by atoms with E-state index < -0.39 is 0 Å². The zero-order chi connectivity index (χ0) is 23.7. The first kappa shape index (κ1) is 23.2. The third kappa shape index (κ3) is 5.08. The Bertz CT molecular complexity index is 1220. The van der Waals surface area contributed by atoms with E-state index in [9.17, 15) is 4.79 Å². The van der Waals surface area contributed by atoms with Gasteiger partial charge in [0.25, 0.3) is 0 Å². The van der Waals surface area contributed by atoms with E-state index in [4.69, 9.17) is 11.1 Å². The molecule has 2 aliphatic rings. The van der Waals surface area contributed by atoms with Gasteiger partial charge in [-0.15, -0.1) is 0 Å². The summed E-state index contributed by atoms with van der Waals surface area (Å²) in [5, 5.41) is 12.3. The summed E-state index contributed by atoms with van der Waals surface area (Å²) in [7, 11) is 0. The maximum atomic E-state index is 12.8. The summed E-state index contributed by atoms with van der Waals surface area (Å²) in [5.41, 5.74) is 9.18. The second-order valence-electron chi connectivity index (χ2n) is 9.98. The predicted molar refractivity (Wildman–Crippen MR) is 140 cm³/mol. The largest absolute Gasteiger partial charge is 0.379 e. The quantitative estimate of drug-likeness (QED) is 0.300. The lowest BCUT2D eigenvalue weighted by Crippen LogP contribution is -2.37. The summed E-state index contributed by atoms with van der Waals surface area (Å²) in [5.74, 6) is 2.17. The SMILES string of the molecule is C[C@@H]1CCC(c2cc3cn(-c4ccc([C@@H]5CCC[C@@H](CCSC(=N)N)N5)cc4)c(=O)nc3[nH]2)C1. The highest BCUT2D eigenvalue weighted by Gasteiger charge is 2.25. The van der Waals surface area contributed by atoms with Gasteiger partial charge in [-0.05, 0) is 67.7 Å². The molecule has 1 unspecified atom stereocenters. The van der Waals surface area contributed by atoms with Crippen molar-refractivity contribution in [1.29, 1.82) is 5.41 Å². The summed E-state index contributed by atoms with van der Waals surface area (Å²) in [6.45, 7) is 2.31. The number of aromatic nitrogens is 3. The van der Waals surface area contributed by atoms with Crippen molar-refractivity contribution >= 4 is 28.0 Å². The van der Waals surface area contributed by atoms with Gasteiger partial charge in [0.15, 0.2) is 5.17 Å². The van der Waals surface area contributed by atoms with Crippen LogP contribution in [-0.2, 0) is 0 Å². The van der Waals surface area contributed by atoms with E-state index in [2.05, 4.69) is 40.4 Å². The second kappa shape index (κ2) is 9.96. The number of fused-ring (bicyclic) bond motifs is 1. The number of amidine groups is 1. The van der Waals surface area contributed by atoms with Gasteiger partial charge in [0.2, 0.25) is 0 Å². The molecular weight excluding hydrogens is 444 g/mol. The number of benzene rings is 1. The Hall–Kier alpha value is -2.58. The summed E-state index contributed by atoms with van der Waals surface area (Å²) in [4.78, 5) is 20.5. The monoisotopic (exact) mass is 478 g/mol. The van der Waals surface area contributed by atoms with E-state index in [1.54, 1.807) is 4.57 Å². The Kier molecular flexibility index (Phi) is 6.79. The van der Waals surface area contributed by atoms with Crippen molar-refractivity contribution in [3.63, 3.8) is 0 Å². The first-order valence-electron chi connectivity index (χ1n) is 12.4. The summed E-state index contributed by atoms with van der Waals surface area (Å²) in [6.07, 6.45) is 10.0. The van der Waals surface area contributed by atoms with Gasteiger partial charge in [-0.1, -0.05) is 43.7 Å². The number of H-pyrrole nitrogens is 1. The molecule has 4 atom stereocenters. The van der Waals surface area contributed by atoms with Crippen LogP contribution in [-0.4, -0.2) is 31.5 Å². The Morgan fingerprint density at radius 3 is 2.79 bits per heavy atom. The molecule has 1 aliphatic heterocycles. The van der Waals surface area contributed by atoms with Gasteiger partial charge in [0, 0.05) is 35.1 Å². The van der Waals surface area contributed by atoms with Crippen molar-refractivity contribution in [1.82, 2.24) is 19.9 Å². The summed E-state index contributed by atoms with van der Waals surface area (Å²) >= 11 is 1.41. The van der Waals surface area contributed by atoms with Gasteiger partial charge >= 0.3 is 5.69 Å². The second-order valence-corrected chi connectivity index (χ2v) is 11.1. The van der Waals surface area contributed by atoms with Crippen molar-refractivity contribution < 1.29 is 0 Å². The Morgan fingerprint density at radius 1 is 1.24 bits per heavy atom. The molecule has 180 valence electrons. The van der Waals surface area contributed by atoms with Gasteiger partial charge in [-0.3, -0.25) is 9.98 Å². The van der Waals surface area contributed by atoms with Crippen LogP contribution in [0.2, 0.25) is 0 Å². The summed E-state index contributed by atoms with van der Waals surface area (Å²) < 4.78 is 1.65. The van der Waals surface area contributed by atoms with Crippen LogP contribution in [0.4, 0.5) is 0 Å². The van der Waals surface area contributed by atoms with Crippen molar-refractivity contribution in [2.45, 2.75) is 69.9 Å². The van der Waals surface area contributed by atoms with Crippen LogP contribution in [0.15, 0.2) is 41.3 Å². The minimum Gasteiger partial charge on any atom is -0.379 e. The van der Waals surface area contributed by atoms with E-state index in [1.807, 2.05) is 18.3 Å². The molecule has 2 aromatic heterocycles. The average Bonchev–Trinajstić information content (AvgIpc) is 3.44. The van der Waals surface area contributed by atoms with Crippen molar-refractivity contribution in [2.24, 2.45) is 11.7 Å². The van der Waals surface area contributed by atoms with Crippen LogP contribution in [0.1, 0.15) is 75.1 Å². The van der Waals surface area contributed by atoms with Gasteiger partial charge < -0.3 is 16.0 Å². The van der Waals surface area contributed by atoms with Gasteiger partial charge in [-0.2, -0.15) is 4.98 Å². The third-order valence-corrected chi connectivity index (χ3v) is 8.19. The normalized spacial score (nSPS) is 25.1. The fourth-order valence-corrected chi connectivity index (χ4v) is 6.22. The molecule has 3 aromatic rings. The Balaban J connectivity index is 1.30. The molecule has 5 N–H and O–H groups in total. The molecule has 1 saturated carbocycles. The number of piperidine rings is 1. The van der Waals surface area contributed by atoms with Crippen LogP contribution in [0.5, 0.6) is 0 Å². The van der Waals surface area contributed by atoms with Gasteiger partial charge in [0.1, 0.15) is 5.65 Å². The third-order valence-electron chi connectivity index (χ3n) is 7.44. The zero-order valence-corrected chi connectivity index (χ0v) is 20.5. The molecule has 1 saturated heterocycles. The number of nitrogens with two attached hydrogens (primary N) is 1. The maximum absolute atomic E-state index is 12.8. The lowest BCUT2D eigenvalue weighted by molar-refractivity contribution is 0.320. The maximum Gasteiger partial charge on any atom is 0.354 e. The molecular formula is C26H34N6OS. The number of rotatable bonds is 6. The fraction of sp³-hybridized carbons (Fsp3) is 0.500. The number of nitrogens with zero attached hydrogens (tertiary/aromatic N) is 2. The molecule has 1 aromatic carbocycles. The first-order valence-corrected chi connectivity index (χ1v) is 13.4. The predicted octanol–water partition coefficient (Wildman–Crippen LogP) is 4.82. The highest BCUT2D eigenvalue weighted by Crippen LogP contribution is 2.38. The molecule has 5 rings (SSSR count). The molecule has 8 heteroatoms. The molecule has 2 fully saturated rings. The van der Waals surface area contributed by atoms with Crippen LogP contribution in [0.25, 0.3) is 16.7 Å². The van der Waals surface area contributed by atoms with Crippen LogP contribution in [0, 0.1) is 11.3 Å². The molecule has 1 aliphatic carbocycles. The van der Waals surface area contributed by atoms with Crippen molar-refractivity contribution in [3.05, 3.63) is 58.3 Å². The number of hydrogen-bond acceptors (Lipinski definition) is 5. The smallest absolute Gasteiger partial charge is 0.354 e. The van der Waals surface area contributed by atoms with E-state index in [1.165, 1.54) is 48.7 Å². The van der Waals surface area contributed by atoms with E-state index in [-0.39, 0.29) is 10.9 Å². The van der Waals surface area contributed by atoms with Crippen LogP contribution in [0.3, 0.4) is 0 Å². The van der Waals surface area contributed by atoms with Crippen LogP contribution < -0.4 is 16.7 Å². The number of thioether (sulfide) groups is 1. The molecule has 0 bridgehead atoms. The lowest BCUT2D eigenvalue weighted by Gasteiger charge is -2.31. The Morgan fingerprint density at radius 2 is 2.06 bits per heavy atom. The first-order chi connectivity index (χ1) is 16.5. The molecule has 3 heterocycles. The van der Waals surface area contributed by atoms with Crippen LogP contribution >= 0.6 is 11.8 Å². The minimum atomic E-state index is -0.257. The fourth-order valence-electron chi connectivity index (χ4n) is 5.60. The Labute approximate surface area is 204 Å². The molecule has 34 heavy (non-hydrogen) atoms. The highest BCUT2D eigenvalue weighted by atomic mass is 32.2. The molecule has 0 amide bonds. The summed E-state index contributed by atoms with van der Waals surface area (Å²) in [6, 6.07) is 11.2. The minimum absolute atomic E-state index is 0.190. The van der Waals surface area contributed by atoms with Crippen molar-refractivity contribution in [2.75, 3.05) is 5.75 Å². The average molecular weight is 479 g/mol. The number of hydrogen-bond donors (Lipinski definition) is 4. The van der Waals surface area contributed by atoms with Crippen molar-refractivity contribution in [3.8, 4) is 5.69 Å². The topological polar surface area (TPSA) is 113 Å². The molecule has 0 spiro atoms. The van der Waals surface area contributed by atoms with Gasteiger partial charge in [0.05, 0.1) is 5.69 Å². The number of aromatic amines is 1. The number of nitrogens with one attached hydrogen (secondary N) is 3. The lowest BCUT2D eigenvalue weighted by atomic mass is 9.92. The molecule has 7 nitrogen and oxygen atoms in total. The van der Waals surface area contributed by atoms with E-state index in [0.717, 1.165) is 42.0 Å². The standard InChI is InChI=1S/C26H34N6OS/c1-16-5-6-18(13-16)23-14-19-15-32(26(33)31-24(19)30-23)21-9-7-17(8-10-21)22-4-2-3-20(29-22)11-12-34-25(27)28/h7-10,14-16,18,20,22,29H,2-6,11-13H2,1H3,(H3,27,28)(H,30,31,33)/t16-,18?,20+,22+/m1/s1. The van der Waals surface area contributed by atoms with E-state index >= 15 is 0 Å². The highest BCUT2D eigenvalue weighted by molar-refractivity contribution is 8.13.